The molecule has 0 aromatic heterocycles. The quantitative estimate of drug-likeness (QED) is 0.748. The van der Waals surface area contributed by atoms with E-state index in [1.807, 2.05) is 30.3 Å². The van der Waals surface area contributed by atoms with Gasteiger partial charge in [-0.1, -0.05) is 42.5 Å². The standard InChI is InChI=1S/C21H20N2O3S/c1-15(24)23-13-5-8-17-11-12-18(14-20(17)23)22-27(25,26)21-10-4-7-16-6-2-3-9-19(16)21/h2-4,6-7,9-12,14,22H,5,8,13H2,1H3. The fraction of sp³-hybridized carbons (Fsp3) is 0.190. The second kappa shape index (κ2) is 6.70. The van der Waals surface area contributed by atoms with Gasteiger partial charge < -0.3 is 4.90 Å². The van der Waals surface area contributed by atoms with Crippen LogP contribution in [0.15, 0.2) is 65.6 Å². The smallest absolute Gasteiger partial charge is 0.262 e. The fourth-order valence-corrected chi connectivity index (χ4v) is 4.89. The maximum absolute atomic E-state index is 13.0. The summed E-state index contributed by atoms with van der Waals surface area (Å²) in [5.41, 5.74) is 2.30. The van der Waals surface area contributed by atoms with Crippen LogP contribution in [-0.4, -0.2) is 20.9 Å². The second-order valence-corrected chi connectivity index (χ2v) is 8.35. The molecule has 0 aliphatic carbocycles. The number of hydrogen-bond acceptors (Lipinski definition) is 3. The van der Waals surface area contributed by atoms with Crippen LogP contribution in [0.25, 0.3) is 10.8 Å². The van der Waals surface area contributed by atoms with Gasteiger partial charge in [0.25, 0.3) is 10.0 Å². The van der Waals surface area contributed by atoms with E-state index in [0.717, 1.165) is 29.5 Å². The molecular weight excluding hydrogens is 360 g/mol. The topological polar surface area (TPSA) is 66.5 Å². The number of carbonyl (C=O) groups is 1. The van der Waals surface area contributed by atoms with Gasteiger partial charge in [-0.15, -0.1) is 0 Å². The van der Waals surface area contributed by atoms with E-state index in [2.05, 4.69) is 4.72 Å². The number of rotatable bonds is 3. The van der Waals surface area contributed by atoms with Crippen LogP contribution < -0.4 is 9.62 Å². The highest BCUT2D eigenvalue weighted by Crippen LogP contribution is 2.32. The molecule has 4 rings (SSSR count). The van der Waals surface area contributed by atoms with Crippen LogP contribution in [0.2, 0.25) is 0 Å². The molecule has 6 heteroatoms. The Bertz CT molecular complexity index is 1130. The van der Waals surface area contributed by atoms with Crippen molar-refractivity contribution in [2.75, 3.05) is 16.2 Å². The lowest BCUT2D eigenvalue weighted by molar-refractivity contribution is -0.116. The Kier molecular flexibility index (Phi) is 4.36. The van der Waals surface area contributed by atoms with Gasteiger partial charge in [-0.25, -0.2) is 8.42 Å². The molecule has 138 valence electrons. The van der Waals surface area contributed by atoms with Gasteiger partial charge in [-0.05, 0) is 42.0 Å². The Morgan fingerprint density at radius 2 is 1.81 bits per heavy atom. The lowest BCUT2D eigenvalue weighted by Gasteiger charge is -2.29. The van der Waals surface area contributed by atoms with Gasteiger partial charge in [-0.2, -0.15) is 0 Å². The molecule has 1 N–H and O–H groups in total. The van der Waals surface area contributed by atoms with E-state index in [-0.39, 0.29) is 10.8 Å². The lowest BCUT2D eigenvalue weighted by atomic mass is 10.0. The first-order valence-electron chi connectivity index (χ1n) is 8.87. The zero-order valence-electron chi connectivity index (χ0n) is 15.0. The normalized spacial score (nSPS) is 14.0. The van der Waals surface area contributed by atoms with Gasteiger partial charge in [-0.3, -0.25) is 9.52 Å². The SMILES string of the molecule is CC(=O)N1CCCc2ccc(NS(=O)(=O)c3cccc4ccccc34)cc21. The number of nitrogens with zero attached hydrogens (tertiary/aromatic N) is 1. The summed E-state index contributed by atoms with van der Waals surface area (Å²) in [5, 5.41) is 1.55. The summed E-state index contributed by atoms with van der Waals surface area (Å²) in [7, 11) is -3.76. The van der Waals surface area contributed by atoms with Crippen LogP contribution in [-0.2, 0) is 21.2 Å². The Balaban J connectivity index is 1.73. The minimum atomic E-state index is -3.76. The largest absolute Gasteiger partial charge is 0.312 e. The van der Waals surface area contributed by atoms with Gasteiger partial charge in [0.1, 0.15) is 0 Å². The maximum atomic E-state index is 13.0. The van der Waals surface area contributed by atoms with Gasteiger partial charge in [0.05, 0.1) is 10.6 Å². The van der Waals surface area contributed by atoms with Crippen molar-refractivity contribution in [1.82, 2.24) is 0 Å². The molecule has 0 unspecified atom stereocenters. The molecule has 1 amide bonds. The molecule has 3 aromatic carbocycles. The zero-order valence-corrected chi connectivity index (χ0v) is 15.8. The number of amides is 1. The van der Waals surface area contributed by atoms with E-state index in [4.69, 9.17) is 0 Å². The van der Waals surface area contributed by atoms with Crippen LogP contribution in [0.4, 0.5) is 11.4 Å². The van der Waals surface area contributed by atoms with E-state index < -0.39 is 10.0 Å². The molecule has 27 heavy (non-hydrogen) atoms. The third-order valence-electron chi connectivity index (χ3n) is 4.88. The van der Waals surface area contributed by atoms with Crippen molar-refractivity contribution in [2.24, 2.45) is 0 Å². The van der Waals surface area contributed by atoms with Crippen molar-refractivity contribution in [3.8, 4) is 0 Å². The fourth-order valence-electron chi connectivity index (χ4n) is 3.61. The molecule has 1 heterocycles. The van der Waals surface area contributed by atoms with E-state index in [1.54, 1.807) is 35.2 Å². The summed E-state index contributed by atoms with van der Waals surface area (Å²) >= 11 is 0. The molecule has 1 aliphatic rings. The average Bonchev–Trinajstić information content (AvgIpc) is 2.66. The van der Waals surface area contributed by atoms with Crippen LogP contribution in [0.5, 0.6) is 0 Å². The van der Waals surface area contributed by atoms with Crippen LogP contribution >= 0.6 is 0 Å². The maximum Gasteiger partial charge on any atom is 0.262 e. The molecule has 0 atom stereocenters. The number of carbonyl (C=O) groups excluding carboxylic acids is 1. The summed E-state index contributed by atoms with van der Waals surface area (Å²) in [5.74, 6) is -0.0370. The van der Waals surface area contributed by atoms with Gasteiger partial charge in [0.2, 0.25) is 5.91 Å². The Labute approximate surface area is 158 Å². The van der Waals surface area contributed by atoms with Gasteiger partial charge in [0.15, 0.2) is 0 Å². The first kappa shape index (κ1) is 17.5. The summed E-state index contributed by atoms with van der Waals surface area (Å²) in [4.78, 5) is 13.9. The number of nitrogens with one attached hydrogen (secondary N) is 1. The summed E-state index contributed by atoms with van der Waals surface area (Å²) in [6.07, 6.45) is 1.79. The van der Waals surface area contributed by atoms with E-state index in [1.165, 1.54) is 6.92 Å². The molecule has 3 aromatic rings. The van der Waals surface area contributed by atoms with Gasteiger partial charge >= 0.3 is 0 Å². The van der Waals surface area contributed by atoms with Crippen LogP contribution in [0.1, 0.15) is 18.9 Å². The molecule has 1 aliphatic heterocycles. The molecular formula is C21H20N2O3S. The number of sulfonamides is 1. The Morgan fingerprint density at radius 3 is 2.63 bits per heavy atom. The predicted octanol–water partition coefficient (Wildman–Crippen LogP) is 3.94. The third-order valence-corrected chi connectivity index (χ3v) is 6.31. The minimum absolute atomic E-state index is 0.0370. The molecule has 0 fully saturated rings. The second-order valence-electron chi connectivity index (χ2n) is 6.70. The lowest BCUT2D eigenvalue weighted by Crippen LogP contribution is -2.33. The number of hydrogen-bond donors (Lipinski definition) is 1. The number of anilines is 2. The number of fused-ring (bicyclic) bond motifs is 2. The highest BCUT2D eigenvalue weighted by molar-refractivity contribution is 7.93. The Morgan fingerprint density at radius 1 is 1.04 bits per heavy atom. The predicted molar refractivity (Wildman–Crippen MR) is 108 cm³/mol. The van der Waals surface area contributed by atoms with E-state index in [0.29, 0.717) is 17.6 Å². The first-order chi connectivity index (χ1) is 13.0. The Hall–Kier alpha value is -2.86. The molecule has 0 saturated heterocycles. The van der Waals surface area contributed by atoms with Crippen molar-refractivity contribution in [2.45, 2.75) is 24.7 Å². The van der Waals surface area contributed by atoms with Crippen LogP contribution in [0, 0.1) is 0 Å². The monoisotopic (exact) mass is 380 g/mol. The highest BCUT2D eigenvalue weighted by Gasteiger charge is 2.22. The first-order valence-corrected chi connectivity index (χ1v) is 10.4. The van der Waals surface area contributed by atoms with Crippen molar-refractivity contribution in [1.29, 1.82) is 0 Å². The van der Waals surface area contributed by atoms with Gasteiger partial charge in [0, 0.05) is 24.5 Å². The summed E-state index contributed by atoms with van der Waals surface area (Å²) < 4.78 is 28.7. The average molecular weight is 380 g/mol. The van der Waals surface area contributed by atoms with Crippen molar-refractivity contribution < 1.29 is 13.2 Å². The van der Waals surface area contributed by atoms with Crippen molar-refractivity contribution >= 4 is 38.1 Å². The third kappa shape index (κ3) is 3.28. The van der Waals surface area contributed by atoms with E-state index in [9.17, 15) is 13.2 Å². The zero-order chi connectivity index (χ0) is 19.0. The van der Waals surface area contributed by atoms with E-state index >= 15 is 0 Å². The van der Waals surface area contributed by atoms with Crippen LogP contribution in [0.3, 0.4) is 0 Å². The minimum Gasteiger partial charge on any atom is -0.312 e. The molecule has 0 radical (unpaired) electrons. The number of aryl methyl sites for hydroxylation is 1. The summed E-state index contributed by atoms with van der Waals surface area (Å²) in [6.45, 7) is 2.18. The van der Waals surface area contributed by atoms with Crippen molar-refractivity contribution in [3.63, 3.8) is 0 Å². The van der Waals surface area contributed by atoms with Crippen molar-refractivity contribution in [3.05, 3.63) is 66.2 Å². The molecule has 0 bridgehead atoms. The summed E-state index contributed by atoms with van der Waals surface area (Å²) in [6, 6.07) is 18.0. The number of benzene rings is 3. The molecule has 0 saturated carbocycles. The molecule has 5 nitrogen and oxygen atoms in total. The molecule has 0 spiro atoms. The highest BCUT2D eigenvalue weighted by atomic mass is 32.2.